The number of rotatable bonds is 2. The molecule has 0 fully saturated rings. The van der Waals surface area contributed by atoms with E-state index in [0.717, 1.165) is 30.6 Å². The van der Waals surface area contributed by atoms with E-state index in [2.05, 4.69) is 31.2 Å². The number of benzene rings is 1. The molecule has 0 saturated heterocycles. The number of para-hydroxylation sites is 1. The number of aromatic nitrogens is 1. The van der Waals surface area contributed by atoms with Gasteiger partial charge in [0.05, 0.1) is 15.7 Å². The fourth-order valence-corrected chi connectivity index (χ4v) is 3.60. The molecule has 1 amide bonds. The predicted octanol–water partition coefficient (Wildman–Crippen LogP) is 5.38. The van der Waals surface area contributed by atoms with E-state index in [9.17, 15) is 4.79 Å². The van der Waals surface area contributed by atoms with Crippen molar-refractivity contribution in [2.75, 3.05) is 5.32 Å². The van der Waals surface area contributed by atoms with E-state index in [1.165, 1.54) is 0 Å². The van der Waals surface area contributed by atoms with E-state index in [-0.39, 0.29) is 11.3 Å². The summed E-state index contributed by atoms with van der Waals surface area (Å²) in [7, 11) is 0. The minimum absolute atomic E-state index is 0.175. The van der Waals surface area contributed by atoms with E-state index >= 15 is 0 Å². The van der Waals surface area contributed by atoms with Crippen molar-refractivity contribution < 1.29 is 9.32 Å². The van der Waals surface area contributed by atoms with E-state index in [4.69, 9.17) is 27.7 Å². The summed E-state index contributed by atoms with van der Waals surface area (Å²) in [6.07, 6.45) is 2.65. The van der Waals surface area contributed by atoms with Crippen LogP contribution < -0.4 is 5.32 Å². The van der Waals surface area contributed by atoms with Gasteiger partial charge < -0.3 is 9.84 Å². The van der Waals surface area contributed by atoms with E-state index in [1.807, 2.05) is 0 Å². The van der Waals surface area contributed by atoms with Crippen LogP contribution in [0.2, 0.25) is 10.0 Å². The second kappa shape index (κ2) is 6.41. The molecule has 1 atom stereocenters. The number of hydrogen-bond acceptors (Lipinski definition) is 3. The summed E-state index contributed by atoms with van der Waals surface area (Å²) in [5.74, 6) is 0.954. The Kier molecular flexibility index (Phi) is 4.63. The molecule has 0 bridgehead atoms. The van der Waals surface area contributed by atoms with Crippen LogP contribution >= 0.6 is 23.2 Å². The molecule has 0 unspecified atom stereocenters. The molecular formula is C18H20Cl2N2O2. The molecule has 1 aromatic carbocycles. The lowest BCUT2D eigenvalue weighted by atomic mass is 9.71. The predicted molar refractivity (Wildman–Crippen MR) is 95.9 cm³/mol. The number of carbonyl (C=O) groups is 1. The van der Waals surface area contributed by atoms with Gasteiger partial charge in [-0.3, -0.25) is 4.79 Å². The molecule has 6 heteroatoms. The van der Waals surface area contributed by atoms with Gasteiger partial charge in [0, 0.05) is 12.0 Å². The maximum atomic E-state index is 12.7. The summed E-state index contributed by atoms with van der Waals surface area (Å²) in [5, 5.41) is 7.54. The van der Waals surface area contributed by atoms with Crippen molar-refractivity contribution in [1.82, 2.24) is 5.16 Å². The van der Waals surface area contributed by atoms with Crippen molar-refractivity contribution in [3.05, 3.63) is 45.3 Å². The summed E-state index contributed by atoms with van der Waals surface area (Å²) in [6, 6.07) is 5.08. The monoisotopic (exact) mass is 366 g/mol. The van der Waals surface area contributed by atoms with Crippen molar-refractivity contribution in [2.24, 2.45) is 11.3 Å². The molecule has 1 aliphatic carbocycles. The summed E-state index contributed by atoms with van der Waals surface area (Å²) < 4.78 is 5.39. The number of nitrogens with zero attached hydrogens (tertiary/aromatic N) is 1. The summed E-state index contributed by atoms with van der Waals surface area (Å²) in [4.78, 5) is 12.7. The number of hydrogen-bond donors (Lipinski definition) is 1. The van der Waals surface area contributed by atoms with Crippen LogP contribution in [0, 0.1) is 11.3 Å². The van der Waals surface area contributed by atoms with Crippen LogP contribution in [0.3, 0.4) is 0 Å². The Bertz CT molecular complexity index is 758. The molecule has 1 aliphatic rings. The third-order valence-corrected chi connectivity index (χ3v) is 5.31. The highest BCUT2D eigenvalue weighted by atomic mass is 35.5. The fourth-order valence-electron chi connectivity index (χ4n) is 3.11. The zero-order valence-corrected chi connectivity index (χ0v) is 15.5. The average molecular weight is 367 g/mol. The van der Waals surface area contributed by atoms with Crippen molar-refractivity contribution >= 4 is 34.8 Å². The molecule has 24 heavy (non-hydrogen) atoms. The van der Waals surface area contributed by atoms with Gasteiger partial charge in [0.25, 0.3) is 5.91 Å². The quantitative estimate of drug-likeness (QED) is 0.775. The number of amides is 1. The first-order valence-corrected chi connectivity index (χ1v) is 8.75. The summed E-state index contributed by atoms with van der Waals surface area (Å²) in [5.41, 5.74) is 1.80. The van der Waals surface area contributed by atoms with Crippen molar-refractivity contribution in [3.8, 4) is 0 Å². The van der Waals surface area contributed by atoms with Gasteiger partial charge in [-0.2, -0.15) is 0 Å². The van der Waals surface area contributed by atoms with E-state index in [1.54, 1.807) is 18.2 Å². The van der Waals surface area contributed by atoms with Gasteiger partial charge in [-0.05, 0) is 36.3 Å². The van der Waals surface area contributed by atoms with Gasteiger partial charge >= 0.3 is 0 Å². The maximum absolute atomic E-state index is 12.7. The number of nitrogens with one attached hydrogen (secondary N) is 1. The van der Waals surface area contributed by atoms with Gasteiger partial charge in [-0.15, -0.1) is 0 Å². The van der Waals surface area contributed by atoms with Crippen LogP contribution in [0.5, 0.6) is 0 Å². The number of halogens is 2. The third kappa shape index (κ3) is 3.31. The van der Waals surface area contributed by atoms with Gasteiger partial charge in [-0.1, -0.05) is 55.2 Å². The first-order valence-electron chi connectivity index (χ1n) is 8.00. The normalized spacial score (nSPS) is 17.5. The number of fused-ring (bicyclic) bond motifs is 1. The van der Waals surface area contributed by atoms with Gasteiger partial charge in [0.15, 0.2) is 5.69 Å². The zero-order chi connectivity index (χ0) is 17.5. The lowest BCUT2D eigenvalue weighted by Crippen LogP contribution is -2.27. The Morgan fingerprint density at radius 3 is 2.58 bits per heavy atom. The largest absolute Gasteiger partial charge is 0.360 e. The lowest BCUT2D eigenvalue weighted by Gasteiger charge is -2.33. The first-order chi connectivity index (χ1) is 11.3. The Hall–Kier alpha value is -1.52. The second-order valence-corrected chi connectivity index (χ2v) is 8.10. The highest BCUT2D eigenvalue weighted by Gasteiger charge is 2.34. The molecule has 0 spiro atoms. The van der Waals surface area contributed by atoms with Crippen molar-refractivity contribution in [2.45, 2.75) is 40.0 Å². The van der Waals surface area contributed by atoms with E-state index < -0.39 is 0 Å². The molecule has 0 aliphatic heterocycles. The number of aryl methyl sites for hydroxylation is 1. The molecule has 3 rings (SSSR count). The van der Waals surface area contributed by atoms with Crippen molar-refractivity contribution in [1.29, 1.82) is 0 Å². The van der Waals surface area contributed by atoms with Crippen LogP contribution in [0.25, 0.3) is 0 Å². The molecule has 2 aromatic rings. The average Bonchev–Trinajstić information content (AvgIpc) is 2.93. The van der Waals surface area contributed by atoms with E-state index in [0.29, 0.717) is 27.3 Å². The Labute approximate surface area is 151 Å². The standard InChI is InChI=1S/C18H20Cl2N2O2/c1-18(2,3)10-7-8-14-11(9-10)15(22-24-14)17(23)21-16-12(19)5-4-6-13(16)20/h4-6,10H,7-9H2,1-3H3,(H,21,23)/t10-/m1/s1. The Balaban J connectivity index is 1.87. The molecule has 0 saturated carbocycles. The number of anilines is 1. The van der Waals surface area contributed by atoms with Crippen LogP contribution in [0.4, 0.5) is 5.69 Å². The minimum atomic E-state index is -0.343. The molecule has 0 radical (unpaired) electrons. The molecule has 1 heterocycles. The second-order valence-electron chi connectivity index (χ2n) is 7.29. The molecule has 1 N–H and O–H groups in total. The third-order valence-electron chi connectivity index (χ3n) is 4.68. The van der Waals surface area contributed by atoms with Gasteiger partial charge in [0.2, 0.25) is 0 Å². The lowest BCUT2D eigenvalue weighted by molar-refractivity contribution is 0.101. The summed E-state index contributed by atoms with van der Waals surface area (Å²) >= 11 is 12.2. The summed E-state index contributed by atoms with van der Waals surface area (Å²) in [6.45, 7) is 6.66. The zero-order valence-electron chi connectivity index (χ0n) is 14.0. The van der Waals surface area contributed by atoms with Crippen LogP contribution in [0.15, 0.2) is 22.7 Å². The molecular weight excluding hydrogens is 347 g/mol. The molecule has 128 valence electrons. The Morgan fingerprint density at radius 2 is 1.96 bits per heavy atom. The fraction of sp³-hybridized carbons (Fsp3) is 0.444. The van der Waals surface area contributed by atoms with Gasteiger partial charge in [-0.25, -0.2) is 0 Å². The van der Waals surface area contributed by atoms with Crippen LogP contribution in [-0.2, 0) is 12.8 Å². The molecule has 4 nitrogen and oxygen atoms in total. The number of carbonyl (C=O) groups excluding carboxylic acids is 1. The topological polar surface area (TPSA) is 55.1 Å². The highest BCUT2D eigenvalue weighted by Crippen LogP contribution is 2.38. The maximum Gasteiger partial charge on any atom is 0.278 e. The Morgan fingerprint density at radius 1 is 1.29 bits per heavy atom. The first kappa shape index (κ1) is 17.3. The van der Waals surface area contributed by atoms with Gasteiger partial charge in [0.1, 0.15) is 5.76 Å². The van der Waals surface area contributed by atoms with Crippen LogP contribution in [-0.4, -0.2) is 11.1 Å². The highest BCUT2D eigenvalue weighted by molar-refractivity contribution is 6.40. The van der Waals surface area contributed by atoms with Crippen molar-refractivity contribution in [3.63, 3.8) is 0 Å². The van der Waals surface area contributed by atoms with Crippen LogP contribution in [0.1, 0.15) is 49.0 Å². The minimum Gasteiger partial charge on any atom is -0.360 e. The molecule has 1 aromatic heterocycles. The smallest absolute Gasteiger partial charge is 0.278 e. The SMILES string of the molecule is CC(C)(C)[C@@H]1CCc2onc(C(=O)Nc3c(Cl)cccc3Cl)c2C1.